The van der Waals surface area contributed by atoms with Crippen molar-refractivity contribution < 1.29 is 0 Å². The van der Waals surface area contributed by atoms with E-state index in [2.05, 4.69) is 33.9 Å². The number of nitrogens with zero attached hydrogens (tertiary/aromatic N) is 5. The molecule has 2 aromatic heterocycles. The number of rotatable bonds is 4. The first-order valence-electron chi connectivity index (χ1n) is 7.78. The van der Waals surface area contributed by atoms with Gasteiger partial charge in [0, 0.05) is 25.1 Å². The van der Waals surface area contributed by atoms with Crippen molar-refractivity contribution in [2.75, 3.05) is 20.1 Å². The van der Waals surface area contributed by atoms with Crippen LogP contribution >= 0.6 is 0 Å². The molecular weight excluding hydrogens is 262 g/mol. The highest BCUT2D eigenvalue weighted by Gasteiger charge is 2.20. The summed E-state index contributed by atoms with van der Waals surface area (Å²) in [5, 5.41) is 4.35. The summed E-state index contributed by atoms with van der Waals surface area (Å²) in [7, 11) is 2.20. The first-order valence-corrected chi connectivity index (χ1v) is 7.78. The third-order valence-electron chi connectivity index (χ3n) is 4.35. The van der Waals surface area contributed by atoms with Gasteiger partial charge in [0.15, 0.2) is 0 Å². The Kier molecular flexibility index (Phi) is 4.29. The molecule has 1 fully saturated rings. The Balaban J connectivity index is 1.83. The number of aryl methyl sites for hydroxylation is 1. The third-order valence-corrected chi connectivity index (χ3v) is 4.35. The smallest absolute Gasteiger partial charge is 0.110 e. The summed E-state index contributed by atoms with van der Waals surface area (Å²) < 4.78 is 1.99. The predicted molar refractivity (Wildman–Crippen MR) is 82.9 cm³/mol. The van der Waals surface area contributed by atoms with Gasteiger partial charge in [0.25, 0.3) is 0 Å². The SMILES string of the molecule is CCn1nccc1-c1nccnc1CC1CCN(C)CC1. The Hall–Kier alpha value is -1.75. The normalized spacial score (nSPS) is 17.2. The molecule has 0 spiro atoms. The maximum atomic E-state index is 4.61. The number of hydrogen-bond acceptors (Lipinski definition) is 4. The molecule has 0 aliphatic carbocycles. The van der Waals surface area contributed by atoms with E-state index in [9.17, 15) is 0 Å². The lowest BCUT2D eigenvalue weighted by atomic mass is 9.91. The van der Waals surface area contributed by atoms with E-state index in [4.69, 9.17) is 0 Å². The molecule has 0 bridgehead atoms. The molecule has 0 unspecified atom stereocenters. The molecule has 0 radical (unpaired) electrons. The van der Waals surface area contributed by atoms with Crippen molar-refractivity contribution >= 4 is 0 Å². The molecule has 112 valence electrons. The molecule has 0 saturated carbocycles. The zero-order valence-corrected chi connectivity index (χ0v) is 12.9. The summed E-state index contributed by atoms with van der Waals surface area (Å²) >= 11 is 0. The van der Waals surface area contributed by atoms with Crippen molar-refractivity contribution in [3.63, 3.8) is 0 Å². The Labute approximate surface area is 126 Å². The molecule has 1 aliphatic heterocycles. The quantitative estimate of drug-likeness (QED) is 0.864. The van der Waals surface area contributed by atoms with Crippen LogP contribution in [0.2, 0.25) is 0 Å². The van der Waals surface area contributed by atoms with Crippen LogP contribution in [-0.2, 0) is 13.0 Å². The van der Waals surface area contributed by atoms with E-state index in [0.717, 1.165) is 36.0 Å². The van der Waals surface area contributed by atoms with Gasteiger partial charge in [0.2, 0.25) is 0 Å². The summed E-state index contributed by atoms with van der Waals surface area (Å²) in [6.45, 7) is 5.33. The van der Waals surface area contributed by atoms with E-state index in [-0.39, 0.29) is 0 Å². The molecule has 3 heterocycles. The van der Waals surface area contributed by atoms with Gasteiger partial charge in [-0.05, 0) is 58.3 Å². The fraction of sp³-hybridized carbons (Fsp3) is 0.562. The maximum Gasteiger partial charge on any atom is 0.110 e. The van der Waals surface area contributed by atoms with Crippen LogP contribution in [0.3, 0.4) is 0 Å². The van der Waals surface area contributed by atoms with Gasteiger partial charge in [-0.2, -0.15) is 5.10 Å². The van der Waals surface area contributed by atoms with Crippen LogP contribution in [0.1, 0.15) is 25.5 Å². The third kappa shape index (κ3) is 3.13. The number of piperidine rings is 1. The monoisotopic (exact) mass is 285 g/mol. The maximum absolute atomic E-state index is 4.61. The Morgan fingerprint density at radius 3 is 2.67 bits per heavy atom. The van der Waals surface area contributed by atoms with Crippen molar-refractivity contribution in [2.24, 2.45) is 5.92 Å². The summed E-state index contributed by atoms with van der Waals surface area (Å²) in [4.78, 5) is 11.6. The van der Waals surface area contributed by atoms with Crippen molar-refractivity contribution in [1.82, 2.24) is 24.6 Å². The Morgan fingerprint density at radius 2 is 1.90 bits per heavy atom. The average molecular weight is 285 g/mol. The second kappa shape index (κ2) is 6.35. The number of aromatic nitrogens is 4. The standard InChI is InChI=1S/C16H23N5/c1-3-21-15(4-7-19-21)16-14(17-8-9-18-16)12-13-5-10-20(2)11-6-13/h4,7-9,13H,3,5-6,10-12H2,1-2H3. The van der Waals surface area contributed by atoms with Gasteiger partial charge in [-0.25, -0.2) is 0 Å². The summed E-state index contributed by atoms with van der Waals surface area (Å²) in [5.41, 5.74) is 3.19. The molecule has 2 aromatic rings. The molecule has 0 N–H and O–H groups in total. The fourth-order valence-electron chi connectivity index (χ4n) is 3.06. The summed E-state index contributed by atoms with van der Waals surface area (Å²) in [6.07, 6.45) is 8.94. The number of likely N-dealkylation sites (tertiary alicyclic amines) is 1. The zero-order valence-electron chi connectivity index (χ0n) is 12.9. The lowest BCUT2D eigenvalue weighted by Gasteiger charge is -2.28. The van der Waals surface area contributed by atoms with E-state index < -0.39 is 0 Å². The van der Waals surface area contributed by atoms with Crippen LogP contribution in [0.5, 0.6) is 0 Å². The summed E-state index contributed by atoms with van der Waals surface area (Å²) in [6, 6.07) is 2.03. The number of hydrogen-bond donors (Lipinski definition) is 0. The van der Waals surface area contributed by atoms with Gasteiger partial charge in [0.05, 0.1) is 11.4 Å². The first kappa shape index (κ1) is 14.2. The van der Waals surface area contributed by atoms with Gasteiger partial charge < -0.3 is 4.90 Å². The van der Waals surface area contributed by atoms with Crippen LogP contribution in [0.25, 0.3) is 11.4 Å². The second-order valence-electron chi connectivity index (χ2n) is 5.83. The molecular formula is C16H23N5. The Morgan fingerprint density at radius 1 is 1.14 bits per heavy atom. The van der Waals surface area contributed by atoms with E-state index >= 15 is 0 Å². The van der Waals surface area contributed by atoms with Gasteiger partial charge in [-0.15, -0.1) is 0 Å². The van der Waals surface area contributed by atoms with Gasteiger partial charge in [-0.3, -0.25) is 14.6 Å². The van der Waals surface area contributed by atoms with Crippen molar-refractivity contribution in [3.8, 4) is 11.4 Å². The fourth-order valence-corrected chi connectivity index (χ4v) is 3.06. The predicted octanol–water partition coefficient (Wildman–Crippen LogP) is 2.24. The molecule has 1 aliphatic rings. The van der Waals surface area contributed by atoms with E-state index in [1.807, 2.05) is 16.9 Å². The molecule has 5 nitrogen and oxygen atoms in total. The molecule has 3 rings (SSSR count). The topological polar surface area (TPSA) is 46.8 Å². The second-order valence-corrected chi connectivity index (χ2v) is 5.83. The van der Waals surface area contributed by atoms with Crippen molar-refractivity contribution in [3.05, 3.63) is 30.4 Å². The van der Waals surface area contributed by atoms with Crippen LogP contribution in [0, 0.1) is 5.92 Å². The highest BCUT2D eigenvalue weighted by atomic mass is 15.3. The lowest BCUT2D eigenvalue weighted by molar-refractivity contribution is 0.218. The zero-order chi connectivity index (χ0) is 14.7. The van der Waals surface area contributed by atoms with Crippen LogP contribution in [-0.4, -0.2) is 44.8 Å². The van der Waals surface area contributed by atoms with Crippen LogP contribution in [0.15, 0.2) is 24.7 Å². The van der Waals surface area contributed by atoms with E-state index in [0.29, 0.717) is 0 Å². The Bertz CT molecular complexity index is 584. The van der Waals surface area contributed by atoms with Gasteiger partial charge in [-0.1, -0.05) is 0 Å². The minimum atomic E-state index is 0.717. The lowest BCUT2D eigenvalue weighted by Crippen LogP contribution is -2.31. The van der Waals surface area contributed by atoms with Crippen molar-refractivity contribution in [1.29, 1.82) is 0 Å². The molecule has 21 heavy (non-hydrogen) atoms. The molecule has 0 amide bonds. The summed E-state index contributed by atoms with van der Waals surface area (Å²) in [5.74, 6) is 0.717. The van der Waals surface area contributed by atoms with Crippen LogP contribution in [0.4, 0.5) is 0 Å². The molecule has 5 heteroatoms. The van der Waals surface area contributed by atoms with E-state index in [1.54, 1.807) is 12.4 Å². The van der Waals surface area contributed by atoms with Gasteiger partial charge >= 0.3 is 0 Å². The minimum Gasteiger partial charge on any atom is -0.306 e. The van der Waals surface area contributed by atoms with E-state index in [1.165, 1.54) is 25.9 Å². The van der Waals surface area contributed by atoms with Crippen molar-refractivity contribution in [2.45, 2.75) is 32.7 Å². The van der Waals surface area contributed by atoms with Crippen LogP contribution < -0.4 is 0 Å². The highest BCUT2D eigenvalue weighted by Crippen LogP contribution is 2.25. The highest BCUT2D eigenvalue weighted by molar-refractivity contribution is 5.56. The van der Waals surface area contributed by atoms with Gasteiger partial charge in [0.1, 0.15) is 5.69 Å². The largest absolute Gasteiger partial charge is 0.306 e. The molecule has 0 atom stereocenters. The first-order chi connectivity index (χ1) is 10.3. The average Bonchev–Trinajstić information content (AvgIpc) is 2.98. The molecule has 1 saturated heterocycles. The minimum absolute atomic E-state index is 0.717. The molecule has 0 aromatic carbocycles.